The average Bonchev–Trinajstić information content (AvgIpc) is 2.78. The molecule has 0 aromatic heterocycles. The molecule has 0 spiro atoms. The molecule has 0 saturated heterocycles. The largest absolute Gasteiger partial charge is 0.376 e. The van der Waals surface area contributed by atoms with Gasteiger partial charge in [-0.15, -0.1) is 0 Å². The number of hydrogen-bond acceptors (Lipinski definition) is 4. The first-order valence-corrected chi connectivity index (χ1v) is 12.9. The Hall–Kier alpha value is -2.25. The molecule has 0 heterocycles. The van der Waals surface area contributed by atoms with Crippen LogP contribution in [0, 0.1) is 0 Å². The van der Waals surface area contributed by atoms with Crippen LogP contribution in [0.2, 0.25) is 0 Å². The molecule has 32 heavy (non-hydrogen) atoms. The van der Waals surface area contributed by atoms with Crippen molar-refractivity contribution in [3.05, 3.63) is 94.6 Å². The van der Waals surface area contributed by atoms with E-state index in [9.17, 15) is 8.42 Å². The van der Waals surface area contributed by atoms with Crippen molar-refractivity contribution in [2.24, 2.45) is 0 Å². The lowest BCUT2D eigenvalue weighted by Crippen LogP contribution is -2.39. The number of hydrogen-bond donors (Lipinski definition) is 2. The maximum atomic E-state index is 12.2. The fourth-order valence-corrected chi connectivity index (χ4v) is 4.68. The number of rotatable bonds is 11. The number of benzene rings is 2. The van der Waals surface area contributed by atoms with E-state index in [4.69, 9.17) is 4.74 Å². The van der Waals surface area contributed by atoms with Gasteiger partial charge in [-0.3, -0.25) is 0 Å². The summed E-state index contributed by atoms with van der Waals surface area (Å²) in [4.78, 5) is 0. The molecule has 0 radical (unpaired) electrons. The Balaban J connectivity index is 1.67. The Morgan fingerprint density at radius 2 is 1.50 bits per heavy atom. The number of nitrogens with one attached hydrogen (secondary N) is 2. The van der Waals surface area contributed by atoms with Gasteiger partial charge in [0, 0.05) is 6.54 Å². The van der Waals surface area contributed by atoms with E-state index in [1.54, 1.807) is 0 Å². The fraction of sp³-hybridized carbons (Fsp3) is 0.385. The minimum Gasteiger partial charge on any atom is -0.376 e. The second-order valence-electron chi connectivity index (χ2n) is 8.48. The van der Waals surface area contributed by atoms with Crippen molar-refractivity contribution in [1.82, 2.24) is 10.0 Å². The summed E-state index contributed by atoms with van der Waals surface area (Å²) in [6, 6.07) is 18.9. The molecule has 2 aromatic rings. The van der Waals surface area contributed by atoms with Crippen molar-refractivity contribution >= 4 is 10.0 Å². The maximum Gasteiger partial charge on any atom is 0.209 e. The minimum absolute atomic E-state index is 0.237. The molecule has 3 rings (SSSR count). The molecule has 0 aliphatic heterocycles. The zero-order valence-electron chi connectivity index (χ0n) is 19.2. The van der Waals surface area contributed by atoms with Gasteiger partial charge < -0.3 is 10.1 Å². The van der Waals surface area contributed by atoms with Crippen LogP contribution in [0.1, 0.15) is 49.9 Å². The lowest BCUT2D eigenvalue weighted by molar-refractivity contribution is 0.152. The average molecular weight is 455 g/mol. The Kier molecular flexibility index (Phi) is 8.82. The van der Waals surface area contributed by atoms with Crippen molar-refractivity contribution < 1.29 is 13.2 Å². The molecule has 6 heteroatoms. The molecule has 5 nitrogen and oxygen atoms in total. The third-order valence-electron chi connectivity index (χ3n) is 5.81. The third kappa shape index (κ3) is 7.41. The van der Waals surface area contributed by atoms with Gasteiger partial charge in [0.2, 0.25) is 10.0 Å². The molecule has 172 valence electrons. The summed E-state index contributed by atoms with van der Waals surface area (Å²) in [6.45, 7) is 6.15. The summed E-state index contributed by atoms with van der Waals surface area (Å²) in [7, 11) is -3.42. The molecular formula is C26H34N2O3S. The molecule has 0 amide bonds. The second kappa shape index (κ2) is 11.6. The predicted octanol–water partition coefficient (Wildman–Crippen LogP) is 4.68. The molecule has 1 aliphatic carbocycles. The van der Waals surface area contributed by atoms with Crippen LogP contribution in [0.3, 0.4) is 0 Å². The van der Waals surface area contributed by atoms with Crippen molar-refractivity contribution in [1.29, 1.82) is 0 Å². The van der Waals surface area contributed by atoms with Gasteiger partial charge in [-0.05, 0) is 43.4 Å². The van der Waals surface area contributed by atoms with E-state index in [2.05, 4.69) is 30.0 Å². The lowest BCUT2D eigenvalue weighted by atomic mass is 9.94. The zero-order chi connectivity index (χ0) is 23.0. The summed E-state index contributed by atoms with van der Waals surface area (Å²) < 4.78 is 33.1. The van der Waals surface area contributed by atoms with Crippen LogP contribution in [0.15, 0.2) is 83.5 Å². The smallest absolute Gasteiger partial charge is 0.209 e. The molecule has 2 N–H and O–H groups in total. The number of ether oxygens (including phenoxy) is 1. The van der Waals surface area contributed by atoms with Crippen molar-refractivity contribution in [2.45, 2.75) is 38.8 Å². The van der Waals surface area contributed by atoms with E-state index in [1.165, 1.54) is 23.0 Å². The van der Waals surface area contributed by atoms with Crippen LogP contribution in [0.5, 0.6) is 0 Å². The molecule has 0 bridgehead atoms. The molecule has 1 aliphatic rings. The highest BCUT2D eigenvalue weighted by Gasteiger charge is 2.27. The highest BCUT2D eigenvalue weighted by Crippen LogP contribution is 2.29. The molecular weight excluding hydrogens is 420 g/mol. The standard InChI is InChI=1S/C26H34N2O3S/c1-20-14-15-22(18-21(20)2)19-31-17-16-27-25(23-10-6-4-7-11-23)26(28-32(3,29)30)24-12-8-5-9-13-24/h4-13,15,25-28H,14,16-19H2,1-3H3/t25-,26-/m1/s1. The van der Waals surface area contributed by atoms with Gasteiger partial charge in [0.05, 0.1) is 31.6 Å². The highest BCUT2D eigenvalue weighted by molar-refractivity contribution is 7.88. The third-order valence-corrected chi connectivity index (χ3v) is 6.49. The summed E-state index contributed by atoms with van der Waals surface area (Å²) in [5, 5.41) is 3.53. The first-order valence-electron chi connectivity index (χ1n) is 11.0. The van der Waals surface area contributed by atoms with E-state index in [1.807, 2.05) is 60.7 Å². The highest BCUT2D eigenvalue weighted by atomic mass is 32.2. The predicted molar refractivity (Wildman–Crippen MR) is 131 cm³/mol. The SMILES string of the molecule is CC1=C(C)CC(COCCN[C@H](c2ccccc2)[C@H](NS(C)(=O)=O)c2ccccc2)=CC1. The summed E-state index contributed by atoms with van der Waals surface area (Å²) in [6.07, 6.45) is 5.46. The van der Waals surface area contributed by atoms with Crippen LogP contribution in [-0.2, 0) is 14.8 Å². The first-order chi connectivity index (χ1) is 15.3. The van der Waals surface area contributed by atoms with Gasteiger partial charge in [0.15, 0.2) is 0 Å². The van der Waals surface area contributed by atoms with Gasteiger partial charge in [0.25, 0.3) is 0 Å². The van der Waals surface area contributed by atoms with Crippen LogP contribution >= 0.6 is 0 Å². The zero-order valence-corrected chi connectivity index (χ0v) is 20.0. The summed E-state index contributed by atoms with van der Waals surface area (Å²) >= 11 is 0. The topological polar surface area (TPSA) is 67.4 Å². The van der Waals surface area contributed by atoms with Gasteiger partial charge in [-0.25, -0.2) is 13.1 Å². The quantitative estimate of drug-likeness (QED) is 0.382. The van der Waals surface area contributed by atoms with Crippen molar-refractivity contribution in [3.63, 3.8) is 0 Å². The monoisotopic (exact) mass is 454 g/mol. The number of allylic oxidation sites excluding steroid dienone is 3. The Morgan fingerprint density at radius 1 is 0.906 bits per heavy atom. The van der Waals surface area contributed by atoms with E-state index in [-0.39, 0.29) is 6.04 Å². The van der Waals surface area contributed by atoms with Gasteiger partial charge in [-0.1, -0.05) is 77.9 Å². The van der Waals surface area contributed by atoms with Crippen LogP contribution in [0.25, 0.3) is 0 Å². The second-order valence-corrected chi connectivity index (χ2v) is 10.3. The molecule has 0 saturated carbocycles. The molecule has 0 fully saturated rings. The minimum atomic E-state index is -3.42. The fourth-order valence-electron chi connectivity index (χ4n) is 3.94. The van der Waals surface area contributed by atoms with Gasteiger partial charge >= 0.3 is 0 Å². The Bertz CT molecular complexity index is 1030. The Labute approximate surface area is 192 Å². The van der Waals surface area contributed by atoms with E-state index < -0.39 is 16.1 Å². The van der Waals surface area contributed by atoms with Crippen molar-refractivity contribution in [2.75, 3.05) is 26.0 Å². The van der Waals surface area contributed by atoms with Crippen molar-refractivity contribution in [3.8, 4) is 0 Å². The van der Waals surface area contributed by atoms with E-state index >= 15 is 0 Å². The molecule has 2 aromatic carbocycles. The molecule has 0 unspecified atom stereocenters. The lowest BCUT2D eigenvalue weighted by Gasteiger charge is -2.29. The van der Waals surface area contributed by atoms with Crippen LogP contribution in [-0.4, -0.2) is 34.4 Å². The van der Waals surface area contributed by atoms with E-state index in [0.717, 1.165) is 24.0 Å². The summed E-state index contributed by atoms with van der Waals surface area (Å²) in [5.41, 5.74) is 6.14. The van der Waals surface area contributed by atoms with Crippen LogP contribution < -0.4 is 10.0 Å². The molecule has 2 atom stereocenters. The Morgan fingerprint density at radius 3 is 2.06 bits per heavy atom. The maximum absolute atomic E-state index is 12.2. The summed E-state index contributed by atoms with van der Waals surface area (Å²) in [5.74, 6) is 0. The van der Waals surface area contributed by atoms with Crippen LogP contribution in [0.4, 0.5) is 0 Å². The van der Waals surface area contributed by atoms with Gasteiger partial charge in [-0.2, -0.15) is 0 Å². The van der Waals surface area contributed by atoms with E-state index in [0.29, 0.717) is 19.8 Å². The first kappa shape index (κ1) is 24.4. The van der Waals surface area contributed by atoms with Gasteiger partial charge in [0.1, 0.15) is 0 Å². The normalized spacial score (nSPS) is 16.5. The number of sulfonamides is 1.